The molecule has 0 bridgehead atoms. The van der Waals surface area contributed by atoms with Crippen LogP contribution >= 0.6 is 0 Å². The first-order valence-electron chi connectivity index (χ1n) is 11.3. The number of rotatable bonds is 3. The molecule has 1 aromatic heterocycles. The molecule has 37 heavy (non-hydrogen) atoms. The maximum atomic E-state index is 12.3. The number of ether oxygens (including phenoxy) is 1. The molecule has 1 aromatic rings. The number of carbonyl (C=O) groups is 3. The van der Waals surface area contributed by atoms with E-state index in [9.17, 15) is 31.1 Å². The summed E-state index contributed by atoms with van der Waals surface area (Å²) in [5.74, 6) is -4.65. The molecule has 0 aromatic carbocycles. The highest BCUT2D eigenvalue weighted by Crippen LogP contribution is 2.33. The number of likely N-dealkylation sites (tertiary alicyclic amines) is 2. The van der Waals surface area contributed by atoms with Crippen molar-refractivity contribution in [3.63, 3.8) is 0 Å². The van der Waals surface area contributed by atoms with E-state index in [4.69, 9.17) is 24.5 Å². The monoisotopic (exact) mass is 543 g/mol. The number of hydrogen-bond acceptors (Lipinski definition) is 6. The zero-order valence-electron chi connectivity index (χ0n) is 19.5. The van der Waals surface area contributed by atoms with Crippen LogP contribution in [0.4, 0.5) is 26.3 Å². The average Bonchev–Trinajstić information content (AvgIpc) is 3.24. The second-order valence-electron chi connectivity index (χ2n) is 8.66. The lowest BCUT2D eigenvalue weighted by atomic mass is 9.84. The number of piperidine rings is 1. The number of fused-ring (bicyclic) bond motifs is 1. The SMILES string of the molecule is O=C(O)C(F)(F)F.O=C(O)C(F)(F)F.O=C1CCCN1[C@@H]1CN(Cc2cccnc2)C[C@@H]2CCCO[C@@H]21. The Labute approximate surface area is 208 Å². The third-order valence-electron chi connectivity index (χ3n) is 5.94. The first-order valence-corrected chi connectivity index (χ1v) is 11.3. The van der Waals surface area contributed by atoms with E-state index in [0.717, 1.165) is 45.6 Å². The summed E-state index contributed by atoms with van der Waals surface area (Å²) in [6.45, 7) is 4.65. The molecule has 0 unspecified atom stereocenters. The number of halogens is 6. The number of hydrogen-bond donors (Lipinski definition) is 2. The first kappa shape index (κ1) is 30.3. The minimum absolute atomic E-state index is 0.223. The van der Waals surface area contributed by atoms with E-state index in [2.05, 4.69) is 20.9 Å². The van der Waals surface area contributed by atoms with Crippen molar-refractivity contribution in [2.45, 2.75) is 56.7 Å². The van der Waals surface area contributed by atoms with Gasteiger partial charge in [-0.1, -0.05) is 6.07 Å². The Morgan fingerprint density at radius 1 is 1.05 bits per heavy atom. The lowest BCUT2D eigenvalue weighted by Crippen LogP contribution is -2.61. The van der Waals surface area contributed by atoms with E-state index in [1.54, 1.807) is 0 Å². The fourth-order valence-corrected chi connectivity index (χ4v) is 4.43. The van der Waals surface area contributed by atoms with Gasteiger partial charge in [0.25, 0.3) is 0 Å². The lowest BCUT2D eigenvalue weighted by molar-refractivity contribution is -0.193. The van der Waals surface area contributed by atoms with Crippen LogP contribution in [-0.2, 0) is 25.7 Å². The molecule has 2 N–H and O–H groups in total. The van der Waals surface area contributed by atoms with Gasteiger partial charge in [-0.2, -0.15) is 26.3 Å². The van der Waals surface area contributed by atoms with Crippen LogP contribution < -0.4 is 0 Å². The van der Waals surface area contributed by atoms with Crippen LogP contribution in [0.2, 0.25) is 0 Å². The van der Waals surface area contributed by atoms with Crippen molar-refractivity contribution in [3.05, 3.63) is 30.1 Å². The van der Waals surface area contributed by atoms with Gasteiger partial charge in [0.2, 0.25) is 5.91 Å². The Morgan fingerprint density at radius 2 is 1.68 bits per heavy atom. The number of aliphatic carboxylic acids is 2. The van der Waals surface area contributed by atoms with Crippen molar-refractivity contribution < 1.29 is 55.7 Å². The predicted molar refractivity (Wildman–Crippen MR) is 114 cm³/mol. The number of nitrogens with zero attached hydrogens (tertiary/aromatic N) is 3. The third kappa shape index (κ3) is 9.46. The van der Waals surface area contributed by atoms with Gasteiger partial charge >= 0.3 is 24.3 Å². The summed E-state index contributed by atoms with van der Waals surface area (Å²) in [7, 11) is 0. The number of pyridine rings is 1. The molecule has 0 spiro atoms. The molecule has 208 valence electrons. The van der Waals surface area contributed by atoms with Gasteiger partial charge < -0.3 is 19.8 Å². The highest BCUT2D eigenvalue weighted by atomic mass is 19.4. The molecule has 3 saturated heterocycles. The van der Waals surface area contributed by atoms with Gasteiger partial charge in [0.05, 0.1) is 12.1 Å². The summed E-state index contributed by atoms with van der Waals surface area (Å²) in [6, 6.07) is 4.35. The smallest absolute Gasteiger partial charge is 0.475 e. The van der Waals surface area contributed by atoms with E-state index in [1.807, 2.05) is 18.5 Å². The molecule has 3 fully saturated rings. The van der Waals surface area contributed by atoms with E-state index < -0.39 is 24.3 Å². The number of carboxylic acids is 2. The molecule has 9 nitrogen and oxygen atoms in total. The predicted octanol–water partition coefficient (Wildman–Crippen LogP) is 2.95. The zero-order valence-corrected chi connectivity index (χ0v) is 19.5. The lowest BCUT2D eigenvalue weighted by Gasteiger charge is -2.48. The average molecular weight is 543 g/mol. The van der Waals surface area contributed by atoms with Crippen molar-refractivity contribution in [1.82, 2.24) is 14.8 Å². The Bertz CT molecular complexity index is 890. The second-order valence-corrected chi connectivity index (χ2v) is 8.66. The van der Waals surface area contributed by atoms with Crippen LogP contribution in [0.25, 0.3) is 0 Å². The molecular weight excluding hydrogens is 516 g/mol. The van der Waals surface area contributed by atoms with Crippen molar-refractivity contribution in [2.24, 2.45) is 5.92 Å². The highest BCUT2D eigenvalue weighted by molar-refractivity contribution is 5.78. The molecular formula is C22H27F6N3O6. The van der Waals surface area contributed by atoms with Crippen LogP contribution in [0.1, 0.15) is 31.2 Å². The molecule has 0 radical (unpaired) electrons. The van der Waals surface area contributed by atoms with E-state index in [0.29, 0.717) is 18.2 Å². The summed E-state index contributed by atoms with van der Waals surface area (Å²) in [5.41, 5.74) is 1.24. The van der Waals surface area contributed by atoms with Crippen LogP contribution in [0.15, 0.2) is 24.5 Å². The van der Waals surface area contributed by atoms with Gasteiger partial charge in [-0.15, -0.1) is 0 Å². The van der Waals surface area contributed by atoms with Gasteiger partial charge in [-0.3, -0.25) is 14.7 Å². The van der Waals surface area contributed by atoms with Gasteiger partial charge in [-0.25, -0.2) is 9.59 Å². The third-order valence-corrected chi connectivity index (χ3v) is 5.94. The molecule has 3 aliphatic heterocycles. The fraction of sp³-hybridized carbons (Fsp3) is 0.636. The number of aromatic nitrogens is 1. The second kappa shape index (κ2) is 13.0. The maximum absolute atomic E-state index is 12.3. The molecule has 4 rings (SSSR count). The summed E-state index contributed by atoms with van der Waals surface area (Å²) in [5, 5.41) is 14.2. The molecule has 0 saturated carbocycles. The van der Waals surface area contributed by atoms with E-state index in [1.165, 1.54) is 12.0 Å². The Kier molecular flexibility index (Phi) is 10.7. The van der Waals surface area contributed by atoms with Crippen LogP contribution in [0.3, 0.4) is 0 Å². The summed E-state index contributed by atoms with van der Waals surface area (Å²) < 4.78 is 69.6. The van der Waals surface area contributed by atoms with Gasteiger partial charge in [0.1, 0.15) is 0 Å². The summed E-state index contributed by atoms with van der Waals surface area (Å²) in [4.78, 5) is 38.9. The van der Waals surface area contributed by atoms with Crippen molar-refractivity contribution in [2.75, 3.05) is 26.2 Å². The Balaban J connectivity index is 0.000000286. The molecule has 1 amide bonds. The number of carbonyl (C=O) groups excluding carboxylic acids is 1. The minimum Gasteiger partial charge on any atom is -0.475 e. The Morgan fingerprint density at radius 3 is 2.16 bits per heavy atom. The first-order chi connectivity index (χ1) is 17.2. The number of carboxylic acid groups (broad SMARTS) is 2. The summed E-state index contributed by atoms with van der Waals surface area (Å²) in [6.07, 6.45) is -2.12. The van der Waals surface area contributed by atoms with Gasteiger partial charge in [0, 0.05) is 51.6 Å². The Hall–Kier alpha value is -2.94. The maximum Gasteiger partial charge on any atom is 0.490 e. The highest BCUT2D eigenvalue weighted by Gasteiger charge is 2.44. The van der Waals surface area contributed by atoms with Crippen molar-refractivity contribution in [3.8, 4) is 0 Å². The molecule has 3 aliphatic rings. The van der Waals surface area contributed by atoms with E-state index >= 15 is 0 Å². The number of amides is 1. The normalized spacial score (nSPS) is 24.2. The fourth-order valence-electron chi connectivity index (χ4n) is 4.43. The molecule has 15 heteroatoms. The largest absolute Gasteiger partial charge is 0.490 e. The van der Waals surface area contributed by atoms with Crippen molar-refractivity contribution in [1.29, 1.82) is 0 Å². The van der Waals surface area contributed by atoms with Crippen LogP contribution in [0.5, 0.6) is 0 Å². The molecule has 0 aliphatic carbocycles. The standard InChI is InChI=1S/C18H25N3O2.2C2HF3O2/c22-17-6-2-8-21(17)16-13-20(11-14-4-1-7-19-10-14)12-15-5-3-9-23-18(15)16;2*3-2(4,5)1(6)7/h1,4,7,10,15-16,18H,2-3,5-6,8-9,11-13H2;2*(H,6,7)/t15-,16+,18-;;/m0../s1. The van der Waals surface area contributed by atoms with Crippen LogP contribution in [-0.4, -0.2) is 93.6 Å². The van der Waals surface area contributed by atoms with Crippen LogP contribution in [0, 0.1) is 5.92 Å². The van der Waals surface area contributed by atoms with E-state index in [-0.39, 0.29) is 12.1 Å². The molecule has 3 atom stereocenters. The zero-order chi connectivity index (χ0) is 27.8. The summed E-state index contributed by atoms with van der Waals surface area (Å²) >= 11 is 0. The van der Waals surface area contributed by atoms with Gasteiger partial charge in [-0.05, 0) is 36.8 Å². The topological polar surface area (TPSA) is 120 Å². The quantitative estimate of drug-likeness (QED) is 0.559. The van der Waals surface area contributed by atoms with Crippen molar-refractivity contribution >= 4 is 17.8 Å². The minimum atomic E-state index is -5.08. The number of alkyl halides is 6. The molecule has 4 heterocycles. The van der Waals surface area contributed by atoms with Gasteiger partial charge in [0.15, 0.2) is 0 Å².